The maximum Gasteiger partial charge on any atom is 0.123 e. The van der Waals surface area contributed by atoms with Gasteiger partial charge in [0.15, 0.2) is 0 Å². The van der Waals surface area contributed by atoms with Crippen molar-refractivity contribution in [2.45, 2.75) is 31.8 Å². The highest BCUT2D eigenvalue weighted by Crippen LogP contribution is 2.33. The van der Waals surface area contributed by atoms with Crippen LogP contribution in [0.25, 0.3) is 10.9 Å². The number of nitrogens with two attached hydrogens (primary N) is 1. The van der Waals surface area contributed by atoms with Crippen LogP contribution in [0.15, 0.2) is 47.6 Å². The van der Waals surface area contributed by atoms with Gasteiger partial charge in [-0.3, -0.25) is 0 Å². The van der Waals surface area contributed by atoms with Gasteiger partial charge in [-0.05, 0) is 60.2 Å². The number of rotatable bonds is 4. The minimum absolute atomic E-state index is 0.187. The molecule has 1 heterocycles. The molecule has 2 aromatic carbocycles. The Labute approximate surface area is 152 Å². The van der Waals surface area contributed by atoms with Gasteiger partial charge >= 0.3 is 0 Å². The number of benzene rings is 2. The van der Waals surface area contributed by atoms with Crippen molar-refractivity contribution in [3.8, 4) is 0 Å². The molecular weight excluding hydrogens is 329 g/mol. The standard InChI is InChI=1S/C21H22FN3O/c1-26-24-12-14-5-7-20-18(10-14)19-11-17(23)6-8-21(19)25(20)13-15-3-2-4-16(22)9-15/h2-5,7,9-10,12,17H,6,8,11,13,23H2,1H3. The number of aromatic nitrogens is 1. The van der Waals surface area contributed by atoms with Gasteiger partial charge in [0.25, 0.3) is 0 Å². The summed E-state index contributed by atoms with van der Waals surface area (Å²) in [5.74, 6) is -0.201. The smallest absolute Gasteiger partial charge is 0.123 e. The molecule has 134 valence electrons. The molecule has 3 aromatic rings. The molecule has 0 amide bonds. The van der Waals surface area contributed by atoms with Crippen molar-refractivity contribution in [1.29, 1.82) is 0 Å². The van der Waals surface area contributed by atoms with E-state index in [4.69, 9.17) is 10.6 Å². The average Bonchev–Trinajstić information content (AvgIpc) is 2.93. The molecule has 1 aliphatic rings. The lowest BCUT2D eigenvalue weighted by Crippen LogP contribution is -2.28. The molecular formula is C21H22FN3O. The molecule has 1 aromatic heterocycles. The van der Waals surface area contributed by atoms with Crippen LogP contribution in [-0.2, 0) is 24.2 Å². The highest BCUT2D eigenvalue weighted by molar-refractivity contribution is 5.92. The number of halogens is 1. The molecule has 1 atom stereocenters. The van der Waals surface area contributed by atoms with Gasteiger partial charge in [-0.25, -0.2) is 4.39 Å². The second-order valence-electron chi connectivity index (χ2n) is 6.84. The largest absolute Gasteiger partial charge is 0.399 e. The van der Waals surface area contributed by atoms with Crippen LogP contribution in [0.2, 0.25) is 0 Å². The first-order valence-corrected chi connectivity index (χ1v) is 8.86. The minimum Gasteiger partial charge on any atom is -0.399 e. The molecule has 1 aliphatic carbocycles. The van der Waals surface area contributed by atoms with E-state index >= 15 is 0 Å². The lowest BCUT2D eigenvalue weighted by atomic mass is 9.91. The van der Waals surface area contributed by atoms with Crippen molar-refractivity contribution < 1.29 is 9.23 Å². The third kappa shape index (κ3) is 3.10. The van der Waals surface area contributed by atoms with Crippen molar-refractivity contribution in [2.24, 2.45) is 10.9 Å². The topological polar surface area (TPSA) is 52.5 Å². The summed E-state index contributed by atoms with van der Waals surface area (Å²) in [4.78, 5) is 4.79. The van der Waals surface area contributed by atoms with E-state index in [0.717, 1.165) is 35.9 Å². The molecule has 0 bridgehead atoms. The van der Waals surface area contributed by atoms with Crippen molar-refractivity contribution >= 4 is 17.1 Å². The van der Waals surface area contributed by atoms with Gasteiger partial charge in [-0.2, -0.15) is 0 Å². The van der Waals surface area contributed by atoms with E-state index < -0.39 is 0 Å². The molecule has 0 aliphatic heterocycles. The fourth-order valence-corrected chi connectivity index (χ4v) is 3.89. The Morgan fingerprint density at radius 3 is 3.00 bits per heavy atom. The number of hydrogen-bond acceptors (Lipinski definition) is 3. The van der Waals surface area contributed by atoms with Crippen LogP contribution in [0.3, 0.4) is 0 Å². The normalized spacial score (nSPS) is 17.0. The van der Waals surface area contributed by atoms with Crippen LogP contribution in [0.5, 0.6) is 0 Å². The van der Waals surface area contributed by atoms with E-state index in [1.165, 1.54) is 29.8 Å². The number of oxime groups is 1. The Morgan fingerprint density at radius 1 is 1.31 bits per heavy atom. The van der Waals surface area contributed by atoms with E-state index in [-0.39, 0.29) is 11.9 Å². The van der Waals surface area contributed by atoms with Crippen LogP contribution in [0.1, 0.15) is 28.8 Å². The van der Waals surface area contributed by atoms with Gasteiger partial charge in [-0.15, -0.1) is 0 Å². The van der Waals surface area contributed by atoms with E-state index in [2.05, 4.69) is 21.9 Å². The Bertz CT molecular complexity index is 977. The molecule has 0 fully saturated rings. The second kappa shape index (κ2) is 6.92. The van der Waals surface area contributed by atoms with E-state index in [0.29, 0.717) is 6.54 Å². The summed E-state index contributed by atoms with van der Waals surface area (Å²) < 4.78 is 15.9. The third-order valence-corrected chi connectivity index (χ3v) is 5.07. The van der Waals surface area contributed by atoms with Crippen LogP contribution in [0.4, 0.5) is 4.39 Å². The predicted molar refractivity (Wildman–Crippen MR) is 102 cm³/mol. The zero-order valence-corrected chi connectivity index (χ0v) is 14.8. The number of nitrogens with zero attached hydrogens (tertiary/aromatic N) is 2. The predicted octanol–water partition coefficient (Wildman–Crippen LogP) is 3.63. The van der Waals surface area contributed by atoms with E-state index in [1.54, 1.807) is 18.3 Å². The lowest BCUT2D eigenvalue weighted by Gasteiger charge is -2.21. The summed E-state index contributed by atoms with van der Waals surface area (Å²) >= 11 is 0. The van der Waals surface area contributed by atoms with Crippen molar-refractivity contribution in [3.63, 3.8) is 0 Å². The fraction of sp³-hybridized carbons (Fsp3) is 0.286. The third-order valence-electron chi connectivity index (χ3n) is 5.07. The molecule has 2 N–H and O–H groups in total. The average molecular weight is 351 g/mol. The highest BCUT2D eigenvalue weighted by atomic mass is 19.1. The van der Waals surface area contributed by atoms with Crippen LogP contribution >= 0.6 is 0 Å². The van der Waals surface area contributed by atoms with Gasteiger partial charge in [0.2, 0.25) is 0 Å². The second-order valence-corrected chi connectivity index (χ2v) is 6.84. The number of fused-ring (bicyclic) bond motifs is 3. The Morgan fingerprint density at radius 2 is 2.19 bits per heavy atom. The number of hydrogen-bond donors (Lipinski definition) is 1. The molecule has 4 rings (SSSR count). The van der Waals surface area contributed by atoms with Gasteiger partial charge in [0.05, 0.1) is 6.21 Å². The fourth-order valence-electron chi connectivity index (χ4n) is 3.89. The first kappa shape index (κ1) is 16.8. The maximum atomic E-state index is 13.6. The molecule has 0 radical (unpaired) electrons. The Kier molecular flexibility index (Phi) is 4.47. The summed E-state index contributed by atoms with van der Waals surface area (Å²) in [6.07, 6.45) is 4.50. The first-order valence-electron chi connectivity index (χ1n) is 8.86. The molecule has 0 saturated carbocycles. The van der Waals surface area contributed by atoms with Crippen molar-refractivity contribution in [1.82, 2.24) is 4.57 Å². The minimum atomic E-state index is -0.201. The summed E-state index contributed by atoms with van der Waals surface area (Å²) in [5, 5.41) is 5.06. The van der Waals surface area contributed by atoms with Gasteiger partial charge in [-0.1, -0.05) is 23.4 Å². The molecule has 1 unspecified atom stereocenters. The molecule has 26 heavy (non-hydrogen) atoms. The Balaban J connectivity index is 1.85. The van der Waals surface area contributed by atoms with Crippen LogP contribution in [0, 0.1) is 5.82 Å². The highest BCUT2D eigenvalue weighted by Gasteiger charge is 2.23. The Hall–Kier alpha value is -2.66. The zero-order chi connectivity index (χ0) is 18.1. The molecule has 0 spiro atoms. The first-order chi connectivity index (χ1) is 12.7. The summed E-state index contributed by atoms with van der Waals surface area (Å²) in [7, 11) is 1.53. The summed E-state index contributed by atoms with van der Waals surface area (Å²) in [6, 6.07) is 13.3. The van der Waals surface area contributed by atoms with E-state index in [9.17, 15) is 4.39 Å². The van der Waals surface area contributed by atoms with Crippen molar-refractivity contribution in [3.05, 3.63) is 70.7 Å². The van der Waals surface area contributed by atoms with Crippen molar-refractivity contribution in [2.75, 3.05) is 7.11 Å². The zero-order valence-electron chi connectivity index (χ0n) is 14.8. The maximum absolute atomic E-state index is 13.6. The van der Waals surface area contributed by atoms with Gasteiger partial charge in [0, 0.05) is 29.2 Å². The summed E-state index contributed by atoms with van der Waals surface area (Å²) in [6.45, 7) is 0.657. The SMILES string of the molecule is CON=Cc1ccc2c(c1)c1c(n2Cc2cccc(F)c2)CCC(N)C1. The van der Waals surface area contributed by atoms with E-state index in [1.807, 2.05) is 12.1 Å². The van der Waals surface area contributed by atoms with Gasteiger partial charge in [0.1, 0.15) is 12.9 Å². The molecule has 5 heteroatoms. The molecule has 4 nitrogen and oxygen atoms in total. The lowest BCUT2D eigenvalue weighted by molar-refractivity contribution is 0.215. The van der Waals surface area contributed by atoms with Crippen LogP contribution in [-0.4, -0.2) is 23.9 Å². The van der Waals surface area contributed by atoms with Crippen LogP contribution < -0.4 is 5.73 Å². The summed E-state index contributed by atoms with van der Waals surface area (Å²) in [5.41, 5.74) is 12.0. The molecule has 0 saturated heterocycles. The monoisotopic (exact) mass is 351 g/mol. The van der Waals surface area contributed by atoms with Gasteiger partial charge < -0.3 is 15.1 Å². The quantitative estimate of drug-likeness (QED) is 0.576.